The van der Waals surface area contributed by atoms with Gasteiger partial charge in [0.15, 0.2) is 11.6 Å². The maximum absolute atomic E-state index is 15.0. The molecule has 2 saturated heterocycles. The van der Waals surface area contributed by atoms with Crippen LogP contribution in [0.4, 0.5) is 10.2 Å². The number of anilines is 1. The molecule has 3 aromatic rings. The minimum absolute atomic E-state index is 0.321. The summed E-state index contributed by atoms with van der Waals surface area (Å²) in [6.45, 7) is 6.95. The predicted molar refractivity (Wildman–Crippen MR) is 119 cm³/mol. The molecule has 9 heteroatoms. The number of fused-ring (bicyclic) bond motifs is 1. The number of hydrogen-bond donors (Lipinski definition) is 1. The minimum atomic E-state index is -0.408. The molecule has 2 aromatic heterocycles. The van der Waals surface area contributed by atoms with Gasteiger partial charge in [0, 0.05) is 43.2 Å². The van der Waals surface area contributed by atoms with Gasteiger partial charge in [-0.2, -0.15) is 4.98 Å². The summed E-state index contributed by atoms with van der Waals surface area (Å²) >= 11 is 0. The number of nitrogens with zero attached hydrogens (tertiary/aromatic N) is 4. The Labute approximate surface area is 186 Å². The van der Waals surface area contributed by atoms with Crippen LogP contribution in [0.15, 0.2) is 16.7 Å². The molecule has 2 aliphatic rings. The van der Waals surface area contributed by atoms with E-state index < -0.39 is 5.82 Å². The Hall–Kier alpha value is -2.78. The molecule has 2 fully saturated rings. The van der Waals surface area contributed by atoms with Crippen LogP contribution in [0.2, 0.25) is 0 Å². The summed E-state index contributed by atoms with van der Waals surface area (Å²) in [7, 11) is 1.52. The van der Waals surface area contributed by atoms with E-state index in [1.54, 1.807) is 13.0 Å². The molecule has 0 radical (unpaired) electrons. The van der Waals surface area contributed by atoms with Crippen molar-refractivity contribution in [3.63, 3.8) is 0 Å². The van der Waals surface area contributed by atoms with Crippen LogP contribution in [-0.4, -0.2) is 60.6 Å². The molecule has 0 unspecified atom stereocenters. The van der Waals surface area contributed by atoms with E-state index in [9.17, 15) is 4.39 Å². The molecular formula is C23H28FN5O3. The van der Waals surface area contributed by atoms with E-state index in [4.69, 9.17) is 19.0 Å². The number of piperidine rings is 1. The zero-order valence-corrected chi connectivity index (χ0v) is 18.7. The number of pyridine rings is 1. The molecule has 1 N–H and O–H groups in total. The van der Waals surface area contributed by atoms with Gasteiger partial charge < -0.3 is 24.2 Å². The Morgan fingerprint density at radius 2 is 1.94 bits per heavy atom. The Bertz CT molecular complexity index is 1120. The molecule has 32 heavy (non-hydrogen) atoms. The van der Waals surface area contributed by atoms with Gasteiger partial charge in [-0.25, -0.2) is 9.37 Å². The number of halogens is 1. The van der Waals surface area contributed by atoms with Crippen LogP contribution in [0.1, 0.15) is 30.7 Å². The number of benzene rings is 1. The second-order valence-corrected chi connectivity index (χ2v) is 8.58. The number of methoxy groups -OCH3 is 1. The van der Waals surface area contributed by atoms with E-state index in [0.717, 1.165) is 56.7 Å². The molecule has 0 saturated carbocycles. The van der Waals surface area contributed by atoms with E-state index in [1.165, 1.54) is 13.2 Å². The molecule has 170 valence electrons. The van der Waals surface area contributed by atoms with Crippen molar-refractivity contribution in [3.05, 3.63) is 29.3 Å². The Kier molecular flexibility index (Phi) is 5.69. The van der Waals surface area contributed by atoms with Crippen molar-refractivity contribution in [3.8, 4) is 17.2 Å². The van der Waals surface area contributed by atoms with Crippen molar-refractivity contribution >= 4 is 16.7 Å². The van der Waals surface area contributed by atoms with E-state index in [0.29, 0.717) is 46.3 Å². The standard InChI is InChI=1S/C23H28FN5O3/c1-13-18-10-17(30-3)11-19(24)21(18)27-22(20(13)23-25-14(2)28-32-23)29-7-4-15(5-8-29)26-16-6-9-31-12-16/h10-11,15-16,26H,4-9,12H2,1-3H3/t16-/m1/s1. The molecule has 1 atom stereocenters. The maximum atomic E-state index is 15.0. The van der Waals surface area contributed by atoms with Gasteiger partial charge in [0.05, 0.1) is 19.3 Å². The van der Waals surface area contributed by atoms with Crippen LogP contribution >= 0.6 is 0 Å². The lowest BCUT2D eigenvalue weighted by atomic mass is 9.99. The molecule has 0 aliphatic carbocycles. The fraction of sp³-hybridized carbons (Fsp3) is 0.522. The van der Waals surface area contributed by atoms with Crippen LogP contribution in [-0.2, 0) is 4.74 Å². The molecule has 2 aliphatic heterocycles. The first kappa shape index (κ1) is 21.1. The summed E-state index contributed by atoms with van der Waals surface area (Å²) < 4.78 is 31.2. The van der Waals surface area contributed by atoms with Crippen molar-refractivity contribution in [1.29, 1.82) is 0 Å². The summed E-state index contributed by atoms with van der Waals surface area (Å²) in [5.41, 5.74) is 1.91. The van der Waals surface area contributed by atoms with Crippen molar-refractivity contribution in [2.45, 2.75) is 45.2 Å². The summed E-state index contributed by atoms with van der Waals surface area (Å²) in [6.07, 6.45) is 3.01. The lowest BCUT2D eigenvalue weighted by Gasteiger charge is -2.35. The summed E-state index contributed by atoms with van der Waals surface area (Å²) in [5.74, 6) is 1.67. The molecule has 5 rings (SSSR count). The Morgan fingerprint density at radius 1 is 1.12 bits per heavy atom. The van der Waals surface area contributed by atoms with E-state index in [2.05, 4.69) is 20.4 Å². The van der Waals surface area contributed by atoms with Gasteiger partial charge >= 0.3 is 0 Å². The van der Waals surface area contributed by atoms with E-state index >= 15 is 0 Å². The van der Waals surface area contributed by atoms with Gasteiger partial charge in [-0.15, -0.1) is 0 Å². The first-order valence-corrected chi connectivity index (χ1v) is 11.1. The summed E-state index contributed by atoms with van der Waals surface area (Å²) in [5, 5.41) is 8.36. The van der Waals surface area contributed by atoms with Crippen molar-refractivity contribution in [2.24, 2.45) is 0 Å². The highest BCUT2D eigenvalue weighted by Gasteiger charge is 2.29. The number of hydrogen-bond acceptors (Lipinski definition) is 8. The van der Waals surface area contributed by atoms with Gasteiger partial charge in [0.1, 0.15) is 17.1 Å². The van der Waals surface area contributed by atoms with Gasteiger partial charge in [0.2, 0.25) is 0 Å². The zero-order chi connectivity index (χ0) is 22.2. The lowest BCUT2D eigenvalue weighted by molar-refractivity contribution is 0.186. The molecular weight excluding hydrogens is 413 g/mol. The monoisotopic (exact) mass is 441 g/mol. The van der Waals surface area contributed by atoms with Crippen molar-refractivity contribution in [2.75, 3.05) is 38.3 Å². The SMILES string of the molecule is COc1cc(F)c2nc(N3CCC(N[C@@H]4CCOC4)CC3)c(-c3nc(C)no3)c(C)c2c1. The maximum Gasteiger partial charge on any atom is 0.261 e. The van der Waals surface area contributed by atoms with Crippen LogP contribution in [0.25, 0.3) is 22.4 Å². The number of aromatic nitrogens is 3. The fourth-order valence-electron chi connectivity index (χ4n) is 4.70. The second-order valence-electron chi connectivity index (χ2n) is 8.58. The van der Waals surface area contributed by atoms with Gasteiger partial charge in [0.25, 0.3) is 5.89 Å². The van der Waals surface area contributed by atoms with Crippen LogP contribution in [0.5, 0.6) is 5.75 Å². The average molecular weight is 442 g/mol. The fourth-order valence-corrected chi connectivity index (χ4v) is 4.70. The molecule has 1 aromatic carbocycles. The highest BCUT2D eigenvalue weighted by molar-refractivity contribution is 5.93. The highest BCUT2D eigenvalue weighted by Crippen LogP contribution is 2.38. The Balaban J connectivity index is 1.52. The number of nitrogens with one attached hydrogen (secondary N) is 1. The van der Waals surface area contributed by atoms with Gasteiger partial charge in [-0.05, 0) is 44.7 Å². The van der Waals surface area contributed by atoms with Crippen molar-refractivity contribution in [1.82, 2.24) is 20.4 Å². The van der Waals surface area contributed by atoms with E-state index in [-0.39, 0.29) is 0 Å². The second kappa shape index (κ2) is 8.63. The summed E-state index contributed by atoms with van der Waals surface area (Å²) in [4.78, 5) is 11.4. The van der Waals surface area contributed by atoms with Crippen LogP contribution in [0, 0.1) is 19.7 Å². The minimum Gasteiger partial charge on any atom is -0.497 e. The lowest BCUT2D eigenvalue weighted by Crippen LogP contribution is -2.46. The third-order valence-corrected chi connectivity index (χ3v) is 6.43. The van der Waals surface area contributed by atoms with Gasteiger partial charge in [-0.1, -0.05) is 5.16 Å². The van der Waals surface area contributed by atoms with E-state index in [1.807, 2.05) is 6.92 Å². The van der Waals surface area contributed by atoms with Crippen molar-refractivity contribution < 1.29 is 18.4 Å². The van der Waals surface area contributed by atoms with Crippen LogP contribution < -0.4 is 15.0 Å². The molecule has 4 heterocycles. The topological polar surface area (TPSA) is 85.5 Å². The highest BCUT2D eigenvalue weighted by atomic mass is 19.1. The Morgan fingerprint density at radius 3 is 2.59 bits per heavy atom. The third kappa shape index (κ3) is 3.91. The van der Waals surface area contributed by atoms with Crippen LogP contribution in [0.3, 0.4) is 0 Å². The molecule has 0 bridgehead atoms. The third-order valence-electron chi connectivity index (χ3n) is 6.43. The predicted octanol–water partition coefficient (Wildman–Crippen LogP) is 3.40. The quantitative estimate of drug-likeness (QED) is 0.645. The largest absolute Gasteiger partial charge is 0.497 e. The number of ether oxygens (including phenoxy) is 2. The molecule has 8 nitrogen and oxygen atoms in total. The average Bonchev–Trinajstić information content (AvgIpc) is 3.46. The summed E-state index contributed by atoms with van der Waals surface area (Å²) in [6, 6.07) is 4.05. The molecule has 0 spiro atoms. The number of rotatable bonds is 5. The normalized spacial score (nSPS) is 19.8. The first-order valence-electron chi connectivity index (χ1n) is 11.1. The smallest absolute Gasteiger partial charge is 0.261 e. The molecule has 0 amide bonds. The zero-order valence-electron chi connectivity index (χ0n) is 18.7. The first-order chi connectivity index (χ1) is 15.5. The van der Waals surface area contributed by atoms with Gasteiger partial charge in [-0.3, -0.25) is 0 Å². The number of aryl methyl sites for hydroxylation is 2.